The summed E-state index contributed by atoms with van der Waals surface area (Å²) in [5.41, 5.74) is 3.28. The predicted octanol–water partition coefficient (Wildman–Crippen LogP) is 3.70. The van der Waals surface area contributed by atoms with Gasteiger partial charge in [-0.15, -0.1) is 0 Å². The van der Waals surface area contributed by atoms with Gasteiger partial charge in [-0.1, -0.05) is 0 Å². The number of nitrogens with zero attached hydrogens (tertiary/aromatic N) is 4. The number of carbonyl (C=O) groups excluding carboxylic acids is 1. The molecule has 6 nitrogen and oxygen atoms in total. The summed E-state index contributed by atoms with van der Waals surface area (Å²) in [4.78, 5) is 27.9. The van der Waals surface area contributed by atoms with Crippen molar-refractivity contribution in [3.8, 4) is 0 Å². The highest BCUT2D eigenvalue weighted by Crippen LogP contribution is 2.59. The zero-order valence-corrected chi connectivity index (χ0v) is 17.4. The van der Waals surface area contributed by atoms with Gasteiger partial charge in [0.1, 0.15) is 12.1 Å². The third kappa shape index (κ3) is 3.17. The summed E-state index contributed by atoms with van der Waals surface area (Å²) in [5, 5.41) is 3.74. The molecule has 0 saturated heterocycles. The Labute approximate surface area is 177 Å². The minimum absolute atomic E-state index is 0.0236. The van der Waals surface area contributed by atoms with E-state index in [0.717, 1.165) is 42.2 Å². The normalized spacial score (nSPS) is 31.5. The molecule has 4 fully saturated rings. The third-order valence-electron chi connectivity index (χ3n) is 8.00. The van der Waals surface area contributed by atoms with Crippen LogP contribution >= 0.6 is 0 Å². The molecule has 156 valence electrons. The first kappa shape index (κ1) is 18.3. The van der Waals surface area contributed by atoms with E-state index in [2.05, 4.69) is 20.3 Å². The largest absolute Gasteiger partial charge is 0.369 e. The zero-order chi connectivity index (χ0) is 20.1. The molecule has 6 heteroatoms. The van der Waals surface area contributed by atoms with Crippen LogP contribution < -0.4 is 5.32 Å². The third-order valence-corrected chi connectivity index (χ3v) is 8.00. The first-order valence-electron chi connectivity index (χ1n) is 11.4. The van der Waals surface area contributed by atoms with Crippen LogP contribution in [0.2, 0.25) is 0 Å². The van der Waals surface area contributed by atoms with E-state index in [1.807, 2.05) is 11.0 Å². The molecule has 0 spiro atoms. The van der Waals surface area contributed by atoms with Crippen LogP contribution in [0.5, 0.6) is 0 Å². The van der Waals surface area contributed by atoms with Gasteiger partial charge in [-0.25, -0.2) is 9.97 Å². The maximum Gasteiger partial charge on any atom is 0.255 e. The minimum Gasteiger partial charge on any atom is -0.369 e. The molecule has 0 atom stereocenters. The number of amides is 1. The summed E-state index contributed by atoms with van der Waals surface area (Å²) in [5.74, 6) is 3.90. The van der Waals surface area contributed by atoms with E-state index in [1.165, 1.54) is 44.1 Å². The Balaban J connectivity index is 1.17. The van der Waals surface area contributed by atoms with Crippen molar-refractivity contribution in [1.82, 2.24) is 19.9 Å². The molecule has 2 aromatic heterocycles. The van der Waals surface area contributed by atoms with Gasteiger partial charge in [-0.2, -0.15) is 0 Å². The van der Waals surface area contributed by atoms with Crippen LogP contribution in [-0.4, -0.2) is 38.8 Å². The second-order valence-corrected chi connectivity index (χ2v) is 10.1. The van der Waals surface area contributed by atoms with Crippen molar-refractivity contribution in [1.29, 1.82) is 0 Å². The fourth-order valence-corrected chi connectivity index (χ4v) is 7.13. The van der Waals surface area contributed by atoms with Gasteiger partial charge in [0.15, 0.2) is 0 Å². The maximum atomic E-state index is 12.8. The van der Waals surface area contributed by atoms with Gasteiger partial charge < -0.3 is 10.2 Å². The topological polar surface area (TPSA) is 71.0 Å². The lowest BCUT2D eigenvalue weighted by Gasteiger charge is -2.57. The highest BCUT2D eigenvalue weighted by molar-refractivity contribution is 5.94. The van der Waals surface area contributed by atoms with Crippen LogP contribution in [0.15, 0.2) is 30.9 Å². The Kier molecular flexibility index (Phi) is 4.29. The van der Waals surface area contributed by atoms with E-state index in [-0.39, 0.29) is 5.91 Å². The molecule has 4 aliphatic carbocycles. The van der Waals surface area contributed by atoms with Gasteiger partial charge in [-0.3, -0.25) is 9.78 Å². The van der Waals surface area contributed by atoms with Crippen molar-refractivity contribution < 1.29 is 4.79 Å². The molecule has 0 radical (unpaired) electrons. The van der Waals surface area contributed by atoms with Crippen molar-refractivity contribution in [2.75, 3.05) is 18.4 Å². The zero-order valence-electron chi connectivity index (χ0n) is 17.4. The quantitative estimate of drug-likeness (QED) is 0.843. The van der Waals surface area contributed by atoms with Crippen molar-refractivity contribution in [2.24, 2.45) is 23.2 Å². The SMILES string of the molecule is O=C(c1cccnc1)N1CCc2c(ncnc2NCC23CC4CC(CC(C4)C2)C3)C1. The van der Waals surface area contributed by atoms with Crippen LogP contribution in [0.1, 0.15) is 60.1 Å². The van der Waals surface area contributed by atoms with Gasteiger partial charge in [-0.05, 0) is 80.2 Å². The highest BCUT2D eigenvalue weighted by atomic mass is 16.2. The van der Waals surface area contributed by atoms with Gasteiger partial charge in [0.25, 0.3) is 5.91 Å². The molecule has 2 aromatic rings. The number of aromatic nitrogens is 3. The lowest BCUT2D eigenvalue weighted by atomic mass is 9.49. The van der Waals surface area contributed by atoms with Crippen molar-refractivity contribution in [3.63, 3.8) is 0 Å². The van der Waals surface area contributed by atoms with Gasteiger partial charge >= 0.3 is 0 Å². The number of pyridine rings is 1. The first-order valence-corrected chi connectivity index (χ1v) is 11.4. The van der Waals surface area contributed by atoms with Crippen molar-refractivity contribution in [3.05, 3.63) is 47.7 Å². The molecular formula is C24H29N5O. The van der Waals surface area contributed by atoms with Crippen LogP contribution in [0, 0.1) is 23.2 Å². The second kappa shape index (κ2) is 7.03. The number of nitrogens with one attached hydrogen (secondary N) is 1. The predicted molar refractivity (Wildman–Crippen MR) is 114 cm³/mol. The second-order valence-electron chi connectivity index (χ2n) is 10.1. The van der Waals surface area contributed by atoms with Crippen molar-refractivity contribution >= 4 is 11.7 Å². The standard InChI is InChI=1S/C24H29N5O/c30-23(19-2-1-4-25-12-19)29-5-3-20-21(13-29)27-15-28-22(20)26-14-24-9-16-6-17(10-24)8-18(7-16)11-24/h1-2,4,12,15-18H,3,5-11,13-14H2,(H,26,27,28). The monoisotopic (exact) mass is 403 g/mol. The number of rotatable bonds is 4. The summed E-state index contributed by atoms with van der Waals surface area (Å²) in [7, 11) is 0. The van der Waals surface area contributed by atoms with Gasteiger partial charge in [0, 0.05) is 31.0 Å². The fraction of sp³-hybridized carbons (Fsp3) is 0.583. The molecule has 1 aliphatic heterocycles. The van der Waals surface area contributed by atoms with Crippen LogP contribution in [0.4, 0.5) is 5.82 Å². The van der Waals surface area contributed by atoms with Crippen LogP contribution in [-0.2, 0) is 13.0 Å². The lowest BCUT2D eigenvalue weighted by Crippen LogP contribution is -2.49. The Hall–Kier alpha value is -2.50. The first-order chi connectivity index (χ1) is 14.7. The molecule has 4 bridgehead atoms. The van der Waals surface area contributed by atoms with Gasteiger partial charge in [0.05, 0.1) is 17.8 Å². The molecular weight excluding hydrogens is 374 g/mol. The average Bonchev–Trinajstić information content (AvgIpc) is 2.76. The smallest absolute Gasteiger partial charge is 0.255 e. The number of hydrogen-bond donors (Lipinski definition) is 1. The van der Waals surface area contributed by atoms with E-state index in [9.17, 15) is 4.79 Å². The molecule has 30 heavy (non-hydrogen) atoms. The van der Waals surface area contributed by atoms with E-state index in [4.69, 9.17) is 0 Å². The van der Waals surface area contributed by atoms with Crippen LogP contribution in [0.25, 0.3) is 0 Å². The molecule has 3 heterocycles. The molecule has 4 saturated carbocycles. The van der Waals surface area contributed by atoms with E-state index < -0.39 is 0 Å². The highest BCUT2D eigenvalue weighted by Gasteiger charge is 2.50. The number of fused-ring (bicyclic) bond motifs is 1. The Bertz CT molecular complexity index is 924. The molecule has 5 aliphatic rings. The van der Waals surface area contributed by atoms with Crippen LogP contribution in [0.3, 0.4) is 0 Å². The molecule has 0 aromatic carbocycles. The summed E-state index contributed by atoms with van der Waals surface area (Å²) in [6.07, 6.45) is 14.4. The average molecular weight is 404 g/mol. The Morgan fingerprint density at radius 3 is 2.60 bits per heavy atom. The minimum atomic E-state index is 0.0236. The van der Waals surface area contributed by atoms with E-state index in [1.54, 1.807) is 24.8 Å². The number of anilines is 1. The number of hydrogen-bond acceptors (Lipinski definition) is 5. The summed E-state index contributed by atoms with van der Waals surface area (Å²) >= 11 is 0. The summed E-state index contributed by atoms with van der Waals surface area (Å²) in [6.45, 7) is 2.27. The Morgan fingerprint density at radius 2 is 1.90 bits per heavy atom. The molecule has 0 unspecified atom stereocenters. The van der Waals surface area contributed by atoms with E-state index in [0.29, 0.717) is 24.1 Å². The van der Waals surface area contributed by atoms with E-state index >= 15 is 0 Å². The summed E-state index contributed by atoms with van der Waals surface area (Å²) in [6, 6.07) is 3.63. The van der Waals surface area contributed by atoms with Crippen molar-refractivity contribution in [2.45, 2.75) is 51.5 Å². The molecule has 1 N–H and O–H groups in total. The number of carbonyl (C=O) groups is 1. The van der Waals surface area contributed by atoms with Gasteiger partial charge in [0.2, 0.25) is 0 Å². The summed E-state index contributed by atoms with van der Waals surface area (Å²) < 4.78 is 0. The maximum absolute atomic E-state index is 12.8. The lowest BCUT2D eigenvalue weighted by molar-refractivity contribution is -0.0444. The molecule has 7 rings (SSSR count). The Morgan fingerprint density at radius 1 is 1.13 bits per heavy atom. The molecule has 1 amide bonds. The fourth-order valence-electron chi connectivity index (χ4n) is 7.13.